The molecule has 2 heterocycles. The summed E-state index contributed by atoms with van der Waals surface area (Å²) in [6.45, 7) is 3.11. The minimum absolute atomic E-state index is 0.136. The van der Waals surface area contributed by atoms with Gasteiger partial charge in [-0.05, 0) is 13.0 Å². The van der Waals surface area contributed by atoms with Crippen LogP contribution < -0.4 is 0 Å². The topological polar surface area (TPSA) is 42.9 Å². The van der Waals surface area contributed by atoms with E-state index < -0.39 is 5.82 Å². The van der Waals surface area contributed by atoms with Crippen molar-refractivity contribution in [3.63, 3.8) is 0 Å². The number of carbonyl (C=O) groups excluding carboxylic acids is 1. The predicted octanol–water partition coefficient (Wildman–Crippen LogP) is 2.34. The Hall–Kier alpha value is -1.36. The molecule has 2 rings (SSSR count). The maximum Gasteiger partial charge on any atom is 0.181 e. The van der Waals surface area contributed by atoms with Crippen LogP contribution in [0.2, 0.25) is 0 Å². The number of hydrogen-bond donors (Lipinski definition) is 0. The van der Waals surface area contributed by atoms with E-state index in [1.165, 1.54) is 24.3 Å². The summed E-state index contributed by atoms with van der Waals surface area (Å²) in [7, 11) is 0. The van der Waals surface area contributed by atoms with Gasteiger partial charge in [0.25, 0.3) is 0 Å². The molecule has 0 N–H and O–H groups in total. The number of hydrogen-bond acceptors (Lipinski definition) is 4. The summed E-state index contributed by atoms with van der Waals surface area (Å²) in [6, 6.07) is 1.31. The van der Waals surface area contributed by atoms with Crippen LogP contribution >= 0.6 is 11.3 Å². The molecule has 0 fully saturated rings. The highest BCUT2D eigenvalue weighted by atomic mass is 32.1. The van der Waals surface area contributed by atoms with E-state index in [2.05, 4.69) is 9.97 Å². The summed E-state index contributed by atoms with van der Waals surface area (Å²) < 4.78 is 13.9. The third-order valence-corrected chi connectivity index (χ3v) is 2.68. The van der Waals surface area contributed by atoms with Crippen LogP contribution in [0.5, 0.6) is 0 Å². The van der Waals surface area contributed by atoms with E-state index in [0.717, 1.165) is 5.01 Å². The molecular weight excluding hydrogens is 203 g/mol. The zero-order valence-corrected chi connectivity index (χ0v) is 8.48. The molecule has 3 nitrogen and oxygen atoms in total. The van der Waals surface area contributed by atoms with Crippen molar-refractivity contribution in [2.45, 2.75) is 13.8 Å². The molecule has 0 spiro atoms. The monoisotopic (exact) mass is 210 g/mol. The number of aromatic nitrogens is 2. The van der Waals surface area contributed by atoms with Crippen LogP contribution in [0.4, 0.5) is 4.39 Å². The van der Waals surface area contributed by atoms with Crippen molar-refractivity contribution < 1.29 is 9.18 Å². The molecule has 0 amide bonds. The summed E-state index contributed by atoms with van der Waals surface area (Å²) in [5.74, 6) is -0.955. The molecule has 0 aromatic carbocycles. The van der Waals surface area contributed by atoms with Crippen LogP contribution in [0.3, 0.4) is 0 Å². The number of nitrogens with zero attached hydrogens (tertiary/aromatic N) is 2. The fourth-order valence-electron chi connectivity index (χ4n) is 1.20. The molecule has 72 valence electrons. The van der Waals surface area contributed by atoms with Gasteiger partial charge < -0.3 is 0 Å². The van der Waals surface area contributed by atoms with Crippen molar-refractivity contribution in [3.05, 3.63) is 22.6 Å². The first-order chi connectivity index (χ1) is 6.58. The van der Waals surface area contributed by atoms with E-state index in [9.17, 15) is 9.18 Å². The van der Waals surface area contributed by atoms with Gasteiger partial charge in [-0.1, -0.05) is 0 Å². The Morgan fingerprint density at radius 2 is 2.21 bits per heavy atom. The molecule has 0 unspecified atom stereocenters. The fourth-order valence-corrected chi connectivity index (χ4v) is 1.99. The first kappa shape index (κ1) is 9.21. The van der Waals surface area contributed by atoms with E-state index in [1.54, 1.807) is 0 Å². The lowest BCUT2D eigenvalue weighted by atomic mass is 10.2. The van der Waals surface area contributed by atoms with E-state index in [1.807, 2.05) is 6.92 Å². The summed E-state index contributed by atoms with van der Waals surface area (Å²) in [5, 5.41) is 0.813. The first-order valence-corrected chi connectivity index (χ1v) is 4.84. The summed E-state index contributed by atoms with van der Waals surface area (Å²) >= 11 is 1.36. The maximum atomic E-state index is 13.3. The molecule has 0 radical (unpaired) electrons. The molecule has 14 heavy (non-hydrogen) atoms. The summed E-state index contributed by atoms with van der Waals surface area (Å²) in [5.41, 5.74) is 0.307. The van der Waals surface area contributed by atoms with Crippen molar-refractivity contribution in [3.8, 4) is 0 Å². The lowest BCUT2D eigenvalue weighted by Crippen LogP contribution is -2.00. The summed E-state index contributed by atoms with van der Waals surface area (Å²) in [6.07, 6.45) is 0. The Morgan fingerprint density at radius 3 is 2.86 bits per heavy atom. The lowest BCUT2D eigenvalue weighted by molar-refractivity contribution is 0.100. The van der Waals surface area contributed by atoms with Gasteiger partial charge in [-0.3, -0.25) is 4.79 Å². The highest BCUT2D eigenvalue weighted by molar-refractivity contribution is 7.18. The molecule has 0 saturated heterocycles. The van der Waals surface area contributed by atoms with Gasteiger partial charge in [0.1, 0.15) is 5.69 Å². The molecule has 0 saturated carbocycles. The molecular formula is C9H7FN2OS. The maximum absolute atomic E-state index is 13.3. The Kier molecular flexibility index (Phi) is 2.03. The minimum atomic E-state index is -0.575. The fraction of sp³-hybridized carbons (Fsp3) is 0.222. The average molecular weight is 210 g/mol. The SMILES string of the molecule is CC(=O)c1nc2nc(C)sc2cc1F. The summed E-state index contributed by atoms with van der Waals surface area (Å²) in [4.78, 5) is 18.9. The molecule has 2 aromatic heterocycles. The van der Waals surface area contributed by atoms with Crippen molar-refractivity contribution in [2.24, 2.45) is 0 Å². The van der Waals surface area contributed by atoms with Gasteiger partial charge in [-0.25, -0.2) is 14.4 Å². The molecule has 0 aliphatic carbocycles. The Balaban J connectivity index is 2.76. The quantitative estimate of drug-likeness (QED) is 0.678. The Bertz CT molecular complexity index is 521. The zero-order valence-electron chi connectivity index (χ0n) is 7.67. The van der Waals surface area contributed by atoms with Crippen molar-refractivity contribution >= 4 is 27.5 Å². The Labute approximate surface area is 83.6 Å². The minimum Gasteiger partial charge on any atom is -0.293 e. The number of rotatable bonds is 1. The number of carbonyl (C=O) groups is 1. The van der Waals surface area contributed by atoms with Crippen LogP contribution in [-0.4, -0.2) is 15.8 Å². The number of fused-ring (bicyclic) bond motifs is 1. The third kappa shape index (κ3) is 1.39. The Morgan fingerprint density at radius 1 is 1.50 bits per heavy atom. The number of halogens is 1. The molecule has 0 aliphatic heterocycles. The number of thiazole rings is 1. The van der Waals surface area contributed by atoms with Crippen LogP contribution in [-0.2, 0) is 0 Å². The molecule has 0 aliphatic rings. The van der Waals surface area contributed by atoms with Gasteiger partial charge in [0.2, 0.25) is 0 Å². The molecule has 0 bridgehead atoms. The van der Waals surface area contributed by atoms with Gasteiger partial charge in [-0.15, -0.1) is 11.3 Å². The second-order valence-corrected chi connectivity index (χ2v) is 4.16. The van der Waals surface area contributed by atoms with Gasteiger partial charge in [-0.2, -0.15) is 0 Å². The molecule has 5 heteroatoms. The smallest absolute Gasteiger partial charge is 0.181 e. The second-order valence-electron chi connectivity index (χ2n) is 2.93. The molecule has 2 aromatic rings. The van der Waals surface area contributed by atoms with Crippen molar-refractivity contribution in [1.82, 2.24) is 9.97 Å². The van der Waals surface area contributed by atoms with Crippen LogP contribution in [0, 0.1) is 12.7 Å². The predicted molar refractivity (Wildman–Crippen MR) is 52.1 cm³/mol. The highest BCUT2D eigenvalue weighted by Gasteiger charge is 2.12. The number of pyridine rings is 1. The number of Topliss-reactive ketones (excluding diaryl/α,β-unsaturated/α-hetero) is 1. The third-order valence-electron chi connectivity index (χ3n) is 1.78. The lowest BCUT2D eigenvalue weighted by Gasteiger charge is -1.95. The standard InChI is InChI=1S/C9H7FN2OS/c1-4(13)8-6(10)3-7-9(12-8)11-5(2)14-7/h3H,1-2H3. The van der Waals surface area contributed by atoms with E-state index in [4.69, 9.17) is 0 Å². The van der Waals surface area contributed by atoms with Gasteiger partial charge >= 0.3 is 0 Å². The largest absolute Gasteiger partial charge is 0.293 e. The van der Waals surface area contributed by atoms with Gasteiger partial charge in [0.05, 0.1) is 9.71 Å². The first-order valence-electron chi connectivity index (χ1n) is 4.02. The van der Waals surface area contributed by atoms with Gasteiger partial charge in [0, 0.05) is 6.92 Å². The zero-order chi connectivity index (χ0) is 10.3. The van der Waals surface area contributed by atoms with E-state index >= 15 is 0 Å². The second kappa shape index (κ2) is 3.09. The van der Waals surface area contributed by atoms with Crippen LogP contribution in [0.15, 0.2) is 6.07 Å². The van der Waals surface area contributed by atoms with E-state index in [0.29, 0.717) is 10.3 Å². The van der Waals surface area contributed by atoms with Crippen molar-refractivity contribution in [1.29, 1.82) is 0 Å². The number of ketones is 1. The normalized spacial score (nSPS) is 10.8. The highest BCUT2D eigenvalue weighted by Crippen LogP contribution is 2.22. The van der Waals surface area contributed by atoms with Crippen LogP contribution in [0.25, 0.3) is 10.3 Å². The van der Waals surface area contributed by atoms with Gasteiger partial charge in [0.15, 0.2) is 17.2 Å². The average Bonchev–Trinajstić information content (AvgIpc) is 2.42. The van der Waals surface area contributed by atoms with Crippen molar-refractivity contribution in [2.75, 3.05) is 0 Å². The number of aryl methyl sites for hydroxylation is 1. The van der Waals surface area contributed by atoms with Crippen LogP contribution in [0.1, 0.15) is 22.4 Å². The van der Waals surface area contributed by atoms with E-state index in [-0.39, 0.29) is 11.5 Å². The molecule has 0 atom stereocenters.